The molecule has 1 aliphatic rings. The second-order valence-corrected chi connectivity index (χ2v) is 4.36. The molecule has 0 amide bonds. The van der Waals surface area contributed by atoms with Crippen LogP contribution in [0.15, 0.2) is 18.2 Å². The van der Waals surface area contributed by atoms with Crippen LogP contribution in [0.5, 0.6) is 0 Å². The highest BCUT2D eigenvalue weighted by Crippen LogP contribution is 2.21. The van der Waals surface area contributed by atoms with Crippen molar-refractivity contribution in [2.24, 2.45) is 0 Å². The molecule has 5 heteroatoms. The van der Waals surface area contributed by atoms with E-state index in [9.17, 15) is 4.79 Å². The fraction of sp³-hybridized carbons (Fsp3) is 0.417. The lowest BCUT2D eigenvalue weighted by atomic mass is 10.1. The number of carbonyl (C=O) groups excluding carboxylic acids is 1. The van der Waals surface area contributed by atoms with Crippen molar-refractivity contribution in [3.8, 4) is 0 Å². The third-order valence-corrected chi connectivity index (χ3v) is 3.01. The van der Waals surface area contributed by atoms with Gasteiger partial charge < -0.3 is 15.2 Å². The standard InChI is InChI=1S/C12H14ClNO3/c13-10-7-8(1-2-11(10)14)12(15)17-9-3-5-16-6-4-9/h1-2,7,9H,3-6,14H2. The van der Waals surface area contributed by atoms with Crippen LogP contribution in [0.25, 0.3) is 0 Å². The molecule has 0 spiro atoms. The third-order valence-electron chi connectivity index (χ3n) is 2.68. The maximum atomic E-state index is 11.8. The van der Waals surface area contributed by atoms with E-state index in [0.717, 1.165) is 12.8 Å². The monoisotopic (exact) mass is 255 g/mol. The predicted octanol–water partition coefficient (Wildman–Crippen LogP) is 2.26. The number of benzene rings is 1. The Kier molecular flexibility index (Phi) is 3.86. The summed E-state index contributed by atoms with van der Waals surface area (Å²) in [6, 6.07) is 4.74. The molecule has 1 heterocycles. The van der Waals surface area contributed by atoms with Crippen LogP contribution in [0.3, 0.4) is 0 Å². The van der Waals surface area contributed by atoms with Crippen molar-refractivity contribution < 1.29 is 14.3 Å². The maximum Gasteiger partial charge on any atom is 0.338 e. The van der Waals surface area contributed by atoms with Gasteiger partial charge in [-0.05, 0) is 18.2 Å². The summed E-state index contributed by atoms with van der Waals surface area (Å²) in [5.41, 5.74) is 6.45. The minimum atomic E-state index is -0.362. The zero-order chi connectivity index (χ0) is 12.3. The van der Waals surface area contributed by atoms with Gasteiger partial charge in [-0.3, -0.25) is 0 Å². The van der Waals surface area contributed by atoms with E-state index in [1.165, 1.54) is 6.07 Å². The number of hydrogen-bond donors (Lipinski definition) is 1. The van der Waals surface area contributed by atoms with E-state index in [2.05, 4.69) is 0 Å². The lowest BCUT2D eigenvalue weighted by Crippen LogP contribution is -2.26. The van der Waals surface area contributed by atoms with Gasteiger partial charge in [0.15, 0.2) is 0 Å². The molecule has 0 aromatic heterocycles. The second-order valence-electron chi connectivity index (χ2n) is 3.95. The smallest absolute Gasteiger partial charge is 0.338 e. The minimum absolute atomic E-state index is 0.0624. The molecular weight excluding hydrogens is 242 g/mol. The van der Waals surface area contributed by atoms with E-state index in [1.807, 2.05) is 0 Å². The first-order valence-electron chi connectivity index (χ1n) is 5.50. The Morgan fingerprint density at radius 3 is 2.76 bits per heavy atom. The molecule has 17 heavy (non-hydrogen) atoms. The van der Waals surface area contributed by atoms with Gasteiger partial charge in [0.25, 0.3) is 0 Å². The van der Waals surface area contributed by atoms with Gasteiger partial charge in [0.2, 0.25) is 0 Å². The highest BCUT2D eigenvalue weighted by molar-refractivity contribution is 6.33. The summed E-state index contributed by atoms with van der Waals surface area (Å²) in [5.74, 6) is -0.362. The summed E-state index contributed by atoms with van der Waals surface area (Å²) in [4.78, 5) is 11.8. The normalized spacial score (nSPS) is 16.8. The van der Waals surface area contributed by atoms with Gasteiger partial charge in [0.05, 0.1) is 29.5 Å². The number of hydrogen-bond acceptors (Lipinski definition) is 4. The molecule has 2 rings (SSSR count). The number of halogens is 1. The van der Waals surface area contributed by atoms with Crippen molar-refractivity contribution >= 4 is 23.3 Å². The van der Waals surface area contributed by atoms with Crippen molar-refractivity contribution in [1.82, 2.24) is 0 Å². The van der Waals surface area contributed by atoms with Gasteiger partial charge >= 0.3 is 5.97 Å². The number of carbonyl (C=O) groups is 1. The van der Waals surface area contributed by atoms with E-state index >= 15 is 0 Å². The fourth-order valence-corrected chi connectivity index (χ4v) is 1.85. The first-order valence-corrected chi connectivity index (χ1v) is 5.88. The van der Waals surface area contributed by atoms with Crippen LogP contribution in [-0.4, -0.2) is 25.3 Å². The summed E-state index contributed by atoms with van der Waals surface area (Å²) in [6.45, 7) is 1.28. The summed E-state index contributed by atoms with van der Waals surface area (Å²) in [5, 5.41) is 0.367. The number of rotatable bonds is 2. The van der Waals surface area contributed by atoms with E-state index < -0.39 is 0 Å². The maximum absolute atomic E-state index is 11.8. The fourth-order valence-electron chi connectivity index (χ4n) is 1.67. The van der Waals surface area contributed by atoms with Crippen LogP contribution >= 0.6 is 11.6 Å². The SMILES string of the molecule is Nc1ccc(C(=O)OC2CCOCC2)cc1Cl. The Morgan fingerprint density at radius 1 is 1.41 bits per heavy atom. The van der Waals surface area contributed by atoms with Gasteiger partial charge in [0.1, 0.15) is 6.10 Å². The Bertz CT molecular complexity index is 416. The lowest BCUT2D eigenvalue weighted by molar-refractivity contribution is -0.0159. The Balaban J connectivity index is 2.01. The van der Waals surface area contributed by atoms with E-state index in [-0.39, 0.29) is 12.1 Å². The lowest BCUT2D eigenvalue weighted by Gasteiger charge is -2.22. The third kappa shape index (κ3) is 3.11. The quantitative estimate of drug-likeness (QED) is 0.650. The topological polar surface area (TPSA) is 61.6 Å². The summed E-state index contributed by atoms with van der Waals surface area (Å²) < 4.78 is 10.5. The molecule has 2 N–H and O–H groups in total. The van der Waals surface area contributed by atoms with Crippen LogP contribution < -0.4 is 5.73 Å². The van der Waals surface area contributed by atoms with Crippen molar-refractivity contribution in [2.75, 3.05) is 18.9 Å². The van der Waals surface area contributed by atoms with Crippen molar-refractivity contribution in [2.45, 2.75) is 18.9 Å². The molecule has 1 fully saturated rings. The predicted molar refractivity (Wildman–Crippen MR) is 65.1 cm³/mol. The van der Waals surface area contributed by atoms with Crippen molar-refractivity contribution in [3.05, 3.63) is 28.8 Å². The van der Waals surface area contributed by atoms with Crippen LogP contribution in [-0.2, 0) is 9.47 Å². The highest BCUT2D eigenvalue weighted by atomic mass is 35.5. The van der Waals surface area contributed by atoms with Crippen molar-refractivity contribution in [1.29, 1.82) is 0 Å². The van der Waals surface area contributed by atoms with Gasteiger partial charge in [0, 0.05) is 12.8 Å². The molecule has 1 aromatic rings. The average Bonchev–Trinajstić information content (AvgIpc) is 2.34. The van der Waals surface area contributed by atoms with Crippen LogP contribution in [0.2, 0.25) is 5.02 Å². The molecule has 92 valence electrons. The molecule has 0 saturated carbocycles. The van der Waals surface area contributed by atoms with Gasteiger partial charge in [-0.2, -0.15) is 0 Å². The molecular formula is C12H14ClNO3. The van der Waals surface area contributed by atoms with Crippen LogP contribution in [0, 0.1) is 0 Å². The second kappa shape index (κ2) is 5.38. The minimum Gasteiger partial charge on any atom is -0.459 e. The number of esters is 1. The number of anilines is 1. The molecule has 1 saturated heterocycles. The number of nitrogens with two attached hydrogens (primary N) is 1. The highest BCUT2D eigenvalue weighted by Gasteiger charge is 2.19. The zero-order valence-corrected chi connectivity index (χ0v) is 10.1. The molecule has 0 unspecified atom stereocenters. The molecule has 1 aliphatic heterocycles. The van der Waals surface area contributed by atoms with E-state index in [0.29, 0.717) is 29.5 Å². The van der Waals surface area contributed by atoms with E-state index in [1.54, 1.807) is 12.1 Å². The molecule has 0 atom stereocenters. The summed E-state index contributed by atoms with van der Waals surface area (Å²) in [6.07, 6.45) is 1.43. The number of nitrogen functional groups attached to an aromatic ring is 1. The number of ether oxygens (including phenoxy) is 2. The van der Waals surface area contributed by atoms with Crippen molar-refractivity contribution in [3.63, 3.8) is 0 Å². The summed E-state index contributed by atoms with van der Waals surface area (Å²) >= 11 is 5.85. The molecule has 0 aliphatic carbocycles. The largest absolute Gasteiger partial charge is 0.459 e. The first kappa shape index (κ1) is 12.2. The van der Waals surface area contributed by atoms with E-state index in [4.69, 9.17) is 26.8 Å². The van der Waals surface area contributed by atoms with Gasteiger partial charge in [-0.15, -0.1) is 0 Å². The zero-order valence-electron chi connectivity index (χ0n) is 9.32. The first-order chi connectivity index (χ1) is 8.16. The molecule has 0 bridgehead atoms. The molecule has 1 aromatic carbocycles. The van der Waals surface area contributed by atoms with Crippen LogP contribution in [0.4, 0.5) is 5.69 Å². The van der Waals surface area contributed by atoms with Gasteiger partial charge in [-0.1, -0.05) is 11.6 Å². The average molecular weight is 256 g/mol. The Labute approximate surface area is 105 Å². The Hall–Kier alpha value is -1.26. The van der Waals surface area contributed by atoms with Crippen LogP contribution in [0.1, 0.15) is 23.2 Å². The summed E-state index contributed by atoms with van der Waals surface area (Å²) in [7, 11) is 0. The molecule has 0 radical (unpaired) electrons. The Morgan fingerprint density at radius 2 is 2.12 bits per heavy atom. The molecule has 4 nitrogen and oxygen atoms in total. The van der Waals surface area contributed by atoms with Gasteiger partial charge in [-0.25, -0.2) is 4.79 Å².